The standard InChI is InChI=1S/C4H4N2O2/c5-1-2(6)4(8)3(1)7/h5-6H2. The molecule has 8 heavy (non-hydrogen) atoms. The van der Waals surface area contributed by atoms with Crippen molar-refractivity contribution >= 4 is 11.4 Å². The van der Waals surface area contributed by atoms with E-state index in [9.17, 15) is 9.59 Å². The van der Waals surface area contributed by atoms with E-state index in [1.54, 1.807) is 0 Å². The summed E-state index contributed by atoms with van der Waals surface area (Å²) in [6, 6.07) is 0. The maximum absolute atomic E-state index is 10.2. The first kappa shape index (κ1) is 4.83. The Bertz CT molecular complexity index is 252. The average Bonchev–Trinajstić information content (AvgIpc) is 1.83. The number of rotatable bonds is 0. The monoisotopic (exact) mass is 112 g/mol. The van der Waals surface area contributed by atoms with Crippen LogP contribution in [0.2, 0.25) is 0 Å². The van der Waals surface area contributed by atoms with Gasteiger partial charge < -0.3 is 11.5 Å². The summed E-state index contributed by atoms with van der Waals surface area (Å²) in [6.07, 6.45) is 0. The van der Waals surface area contributed by atoms with Crippen LogP contribution >= 0.6 is 0 Å². The van der Waals surface area contributed by atoms with Gasteiger partial charge >= 0.3 is 0 Å². The highest BCUT2D eigenvalue weighted by Gasteiger charge is 2.12. The molecule has 4 nitrogen and oxygen atoms in total. The first-order valence-corrected chi connectivity index (χ1v) is 1.99. The zero-order valence-corrected chi connectivity index (χ0v) is 3.97. The van der Waals surface area contributed by atoms with Crippen LogP contribution < -0.4 is 22.3 Å². The molecule has 0 aliphatic heterocycles. The third kappa shape index (κ3) is 0.294. The van der Waals surface area contributed by atoms with Gasteiger partial charge in [0.2, 0.25) is 0 Å². The lowest BCUT2D eigenvalue weighted by molar-refractivity contribution is 1.43. The third-order valence-electron chi connectivity index (χ3n) is 0.986. The number of nitrogens with two attached hydrogens (primary N) is 2. The lowest BCUT2D eigenvalue weighted by Gasteiger charge is -1.95. The second-order valence-electron chi connectivity index (χ2n) is 1.49. The summed E-state index contributed by atoms with van der Waals surface area (Å²) in [5, 5.41) is 0. The molecule has 0 fully saturated rings. The van der Waals surface area contributed by atoms with Crippen LogP contribution in [0.25, 0.3) is 0 Å². The van der Waals surface area contributed by atoms with E-state index in [0.717, 1.165) is 0 Å². The molecule has 0 saturated heterocycles. The van der Waals surface area contributed by atoms with Crippen LogP contribution in [0.4, 0.5) is 11.4 Å². The molecule has 0 aliphatic rings. The van der Waals surface area contributed by atoms with Gasteiger partial charge in [-0.05, 0) is 0 Å². The molecule has 0 radical (unpaired) electrons. The van der Waals surface area contributed by atoms with Crippen molar-refractivity contribution in [2.75, 3.05) is 11.5 Å². The summed E-state index contributed by atoms with van der Waals surface area (Å²) in [7, 11) is 0. The van der Waals surface area contributed by atoms with Crippen LogP contribution in [-0.4, -0.2) is 0 Å². The Labute approximate surface area is 44.4 Å². The molecule has 4 N–H and O–H groups in total. The van der Waals surface area contributed by atoms with Gasteiger partial charge in [0, 0.05) is 0 Å². The minimum atomic E-state index is -0.664. The van der Waals surface area contributed by atoms with Crippen molar-refractivity contribution in [2.45, 2.75) is 0 Å². The highest BCUT2D eigenvalue weighted by molar-refractivity contribution is 5.67. The Morgan fingerprint density at radius 3 is 1.25 bits per heavy atom. The van der Waals surface area contributed by atoms with Crippen LogP contribution in [0.15, 0.2) is 9.59 Å². The van der Waals surface area contributed by atoms with Gasteiger partial charge in [-0.25, -0.2) is 0 Å². The summed E-state index contributed by atoms with van der Waals surface area (Å²) >= 11 is 0. The quantitative estimate of drug-likeness (QED) is 0.398. The van der Waals surface area contributed by atoms with E-state index in [2.05, 4.69) is 0 Å². The molecule has 0 aliphatic carbocycles. The van der Waals surface area contributed by atoms with Crippen molar-refractivity contribution in [1.29, 1.82) is 0 Å². The lowest BCUT2D eigenvalue weighted by atomic mass is 10.2. The Hall–Kier alpha value is -1.32. The maximum atomic E-state index is 10.2. The number of anilines is 2. The Morgan fingerprint density at radius 2 is 1.12 bits per heavy atom. The Morgan fingerprint density at radius 1 is 0.875 bits per heavy atom. The molecule has 0 amide bonds. The molecule has 0 bridgehead atoms. The van der Waals surface area contributed by atoms with Gasteiger partial charge in [0.25, 0.3) is 10.9 Å². The smallest absolute Gasteiger partial charge is 0.253 e. The second kappa shape index (κ2) is 1.09. The fraction of sp³-hybridized carbons (Fsp3) is 0. The lowest BCUT2D eigenvalue weighted by Crippen LogP contribution is -2.36. The van der Waals surface area contributed by atoms with Crippen LogP contribution in [0.1, 0.15) is 0 Å². The third-order valence-corrected chi connectivity index (χ3v) is 0.986. The maximum Gasteiger partial charge on any atom is 0.253 e. The first-order chi connectivity index (χ1) is 3.64. The minimum Gasteiger partial charge on any atom is -0.394 e. The summed E-state index contributed by atoms with van der Waals surface area (Å²) in [5.74, 6) is 0. The van der Waals surface area contributed by atoms with E-state index in [0.29, 0.717) is 0 Å². The predicted molar refractivity (Wildman–Crippen MR) is 30.2 cm³/mol. The van der Waals surface area contributed by atoms with E-state index < -0.39 is 10.9 Å². The van der Waals surface area contributed by atoms with Crippen molar-refractivity contribution in [1.82, 2.24) is 0 Å². The molecular formula is C4H4N2O2. The van der Waals surface area contributed by atoms with Gasteiger partial charge in [0.05, 0.1) is 0 Å². The summed E-state index contributed by atoms with van der Waals surface area (Å²) in [5.41, 5.74) is 8.35. The van der Waals surface area contributed by atoms with E-state index in [1.165, 1.54) is 0 Å². The molecule has 0 unspecified atom stereocenters. The highest BCUT2D eigenvalue weighted by Crippen LogP contribution is 2.00. The van der Waals surface area contributed by atoms with Gasteiger partial charge in [0.15, 0.2) is 0 Å². The molecule has 1 aromatic carbocycles. The molecule has 0 aromatic heterocycles. The van der Waals surface area contributed by atoms with Crippen molar-refractivity contribution in [3.05, 3.63) is 20.4 Å². The predicted octanol–water partition coefficient (Wildman–Crippen LogP) is -1.55. The van der Waals surface area contributed by atoms with Crippen LogP contribution in [0.3, 0.4) is 0 Å². The van der Waals surface area contributed by atoms with Crippen molar-refractivity contribution in [3.8, 4) is 0 Å². The van der Waals surface area contributed by atoms with E-state index in [1.807, 2.05) is 0 Å². The fourth-order valence-electron chi connectivity index (χ4n) is 0.427. The number of hydrogen-bond acceptors (Lipinski definition) is 4. The molecule has 0 atom stereocenters. The van der Waals surface area contributed by atoms with E-state index in [4.69, 9.17) is 11.5 Å². The molecule has 42 valence electrons. The van der Waals surface area contributed by atoms with Gasteiger partial charge in [0.1, 0.15) is 11.4 Å². The molecule has 0 saturated carbocycles. The Balaban J connectivity index is 3.48. The van der Waals surface area contributed by atoms with Gasteiger partial charge in [-0.2, -0.15) is 0 Å². The van der Waals surface area contributed by atoms with Crippen LogP contribution in [0, 0.1) is 0 Å². The first-order valence-electron chi connectivity index (χ1n) is 1.99. The number of nitrogen functional groups attached to an aromatic ring is 2. The Kier molecular flexibility index (Phi) is 0.658. The zero-order valence-electron chi connectivity index (χ0n) is 3.97. The highest BCUT2D eigenvalue weighted by atomic mass is 16.2. The normalized spacial score (nSPS) is 10.0. The van der Waals surface area contributed by atoms with E-state index >= 15 is 0 Å². The molecule has 0 heterocycles. The molecular weight excluding hydrogens is 108 g/mol. The van der Waals surface area contributed by atoms with Gasteiger partial charge in [-0.3, -0.25) is 9.59 Å². The minimum absolute atomic E-state index is 0.102. The topological polar surface area (TPSA) is 86.2 Å². The fourth-order valence-corrected chi connectivity index (χ4v) is 0.427. The molecule has 0 spiro atoms. The van der Waals surface area contributed by atoms with Crippen molar-refractivity contribution in [3.63, 3.8) is 0 Å². The largest absolute Gasteiger partial charge is 0.394 e. The SMILES string of the molecule is Nc1c(N)c(=O)c1=O. The van der Waals surface area contributed by atoms with E-state index in [-0.39, 0.29) is 11.4 Å². The summed E-state index contributed by atoms with van der Waals surface area (Å²) in [4.78, 5) is 20.3. The van der Waals surface area contributed by atoms with Gasteiger partial charge in [-0.15, -0.1) is 0 Å². The van der Waals surface area contributed by atoms with Crippen molar-refractivity contribution < 1.29 is 0 Å². The van der Waals surface area contributed by atoms with Gasteiger partial charge in [-0.1, -0.05) is 0 Å². The zero-order chi connectivity index (χ0) is 6.31. The molecule has 1 aromatic rings. The average molecular weight is 112 g/mol. The number of hydrogen-bond donors (Lipinski definition) is 2. The van der Waals surface area contributed by atoms with Crippen LogP contribution in [0.5, 0.6) is 0 Å². The second-order valence-corrected chi connectivity index (χ2v) is 1.49. The molecule has 4 heteroatoms. The summed E-state index contributed by atoms with van der Waals surface area (Å²) < 4.78 is 0. The van der Waals surface area contributed by atoms with Crippen LogP contribution in [-0.2, 0) is 0 Å². The molecule has 1 rings (SSSR count). The summed E-state index contributed by atoms with van der Waals surface area (Å²) in [6.45, 7) is 0. The van der Waals surface area contributed by atoms with Crippen molar-refractivity contribution in [2.24, 2.45) is 0 Å².